The molecule has 17 atom stereocenters. The molecule has 98 heavy (non-hydrogen) atoms. The molecule has 0 bridgehead atoms. The molecule has 12 N–H and O–H groups in total. The highest BCUT2D eigenvalue weighted by atomic mass is 16.8. The molecule has 19 nitrogen and oxygen atoms in total. The fraction of sp³-hybridized carbons (Fsp3) is 0.911. The van der Waals surface area contributed by atoms with Crippen LogP contribution < -0.4 is 5.32 Å². The maximum atomic E-state index is 13.5. The van der Waals surface area contributed by atoms with Crippen molar-refractivity contribution < 1.29 is 89.4 Å². The van der Waals surface area contributed by atoms with Gasteiger partial charge in [0.2, 0.25) is 5.91 Å². The number of hydrogen-bond donors (Lipinski definition) is 12. The van der Waals surface area contributed by atoms with Crippen LogP contribution in [0.1, 0.15) is 328 Å². The number of hydrogen-bond acceptors (Lipinski definition) is 18. The summed E-state index contributed by atoms with van der Waals surface area (Å²) in [5.41, 5.74) is 0. The first-order valence-electron chi connectivity index (χ1n) is 40.2. The lowest BCUT2D eigenvalue weighted by molar-refractivity contribution is -0.379. The van der Waals surface area contributed by atoms with E-state index in [0.29, 0.717) is 12.8 Å². The summed E-state index contributed by atoms with van der Waals surface area (Å²) in [4.78, 5) is 13.5. The number of carbonyl (C=O) groups excluding carboxylic acids is 1. The lowest BCUT2D eigenvalue weighted by atomic mass is 9.96. The summed E-state index contributed by atoms with van der Waals surface area (Å²) in [6.45, 7) is 1.84. The fourth-order valence-electron chi connectivity index (χ4n) is 13.7. The van der Waals surface area contributed by atoms with Crippen molar-refractivity contribution in [2.24, 2.45) is 0 Å². The van der Waals surface area contributed by atoms with Crippen molar-refractivity contribution in [2.45, 2.75) is 433 Å². The van der Waals surface area contributed by atoms with E-state index in [0.717, 1.165) is 64.2 Å². The lowest BCUT2D eigenvalue weighted by Crippen LogP contribution is -2.66. The average molecular weight is 1400 g/mol. The zero-order chi connectivity index (χ0) is 71.1. The number of unbranched alkanes of at least 4 members (excludes halogenated alkanes) is 42. The van der Waals surface area contributed by atoms with E-state index < -0.39 is 124 Å². The van der Waals surface area contributed by atoms with Crippen LogP contribution in [-0.4, -0.2) is 193 Å². The zero-order valence-electron chi connectivity index (χ0n) is 61.5. The van der Waals surface area contributed by atoms with Crippen LogP contribution in [0.15, 0.2) is 36.5 Å². The number of aliphatic hydroxyl groups is 11. The van der Waals surface area contributed by atoms with Gasteiger partial charge in [0.25, 0.3) is 0 Å². The van der Waals surface area contributed by atoms with Crippen molar-refractivity contribution in [3.05, 3.63) is 36.5 Å². The zero-order valence-corrected chi connectivity index (χ0v) is 61.5. The summed E-state index contributed by atoms with van der Waals surface area (Å²) >= 11 is 0. The molecule has 1 amide bonds. The molecule has 3 heterocycles. The summed E-state index contributed by atoms with van der Waals surface area (Å²) in [6.07, 6.45) is 46.5. The molecule has 0 spiro atoms. The van der Waals surface area contributed by atoms with E-state index in [1.165, 1.54) is 231 Å². The van der Waals surface area contributed by atoms with E-state index in [2.05, 4.69) is 55.6 Å². The maximum Gasteiger partial charge on any atom is 0.220 e. The maximum absolute atomic E-state index is 13.5. The number of rotatable bonds is 64. The van der Waals surface area contributed by atoms with E-state index in [9.17, 15) is 61.0 Å². The highest BCUT2D eigenvalue weighted by Crippen LogP contribution is 2.33. The monoisotopic (exact) mass is 1400 g/mol. The third-order valence-corrected chi connectivity index (χ3v) is 20.2. The van der Waals surface area contributed by atoms with Crippen molar-refractivity contribution in [1.29, 1.82) is 0 Å². The third-order valence-electron chi connectivity index (χ3n) is 20.2. The Hall–Kier alpha value is -1.99. The Morgan fingerprint density at radius 1 is 0.367 bits per heavy atom. The molecule has 3 saturated heterocycles. The van der Waals surface area contributed by atoms with Crippen molar-refractivity contribution in [3.8, 4) is 0 Å². The van der Waals surface area contributed by atoms with Gasteiger partial charge < -0.3 is 89.9 Å². The summed E-state index contributed by atoms with van der Waals surface area (Å²) in [6, 6.07) is -0.890. The van der Waals surface area contributed by atoms with Gasteiger partial charge in [-0.15, -0.1) is 0 Å². The van der Waals surface area contributed by atoms with E-state index in [4.69, 9.17) is 28.4 Å². The molecule has 17 unspecified atom stereocenters. The normalized spacial score (nSPS) is 26.9. The molecule has 0 aromatic carbocycles. The molecule has 0 saturated carbocycles. The molecule has 0 aliphatic carbocycles. The molecular weight excluding hydrogens is 1250 g/mol. The largest absolute Gasteiger partial charge is 0.394 e. The molecule has 19 heteroatoms. The summed E-state index contributed by atoms with van der Waals surface area (Å²) in [5.74, 6) is -0.240. The highest BCUT2D eigenvalue weighted by Gasteiger charge is 2.54. The molecule has 3 rings (SSSR count). The molecule has 0 radical (unpaired) electrons. The number of aliphatic hydroxyl groups excluding tert-OH is 11. The van der Waals surface area contributed by atoms with Crippen molar-refractivity contribution >= 4 is 5.91 Å². The predicted molar refractivity (Wildman–Crippen MR) is 388 cm³/mol. The first kappa shape index (κ1) is 90.2. The lowest BCUT2D eigenvalue weighted by Gasteiger charge is -2.48. The van der Waals surface area contributed by atoms with Gasteiger partial charge in [-0.05, 0) is 51.4 Å². The number of allylic oxidation sites excluding steroid dienone is 6. The van der Waals surface area contributed by atoms with Gasteiger partial charge in [0, 0.05) is 6.42 Å². The van der Waals surface area contributed by atoms with Crippen molar-refractivity contribution in [1.82, 2.24) is 5.32 Å². The summed E-state index contributed by atoms with van der Waals surface area (Å²) < 4.78 is 34.5. The highest BCUT2D eigenvalue weighted by molar-refractivity contribution is 5.76. The van der Waals surface area contributed by atoms with Gasteiger partial charge in [-0.25, -0.2) is 0 Å². The number of amides is 1. The van der Waals surface area contributed by atoms with E-state index in [-0.39, 0.29) is 18.9 Å². The second-order valence-electron chi connectivity index (χ2n) is 28.9. The summed E-state index contributed by atoms with van der Waals surface area (Å²) in [7, 11) is 0. The predicted octanol–water partition coefficient (Wildman–Crippen LogP) is 13.1. The smallest absolute Gasteiger partial charge is 0.220 e. The quantitative estimate of drug-likeness (QED) is 0.0199. The molecule has 3 aliphatic heterocycles. The van der Waals surface area contributed by atoms with Crippen molar-refractivity contribution in [2.75, 3.05) is 26.4 Å². The minimum atomic E-state index is -1.97. The standard InChI is InChI=1S/C79H147NO18/c1-3-5-7-9-11-13-15-17-19-21-23-25-27-29-31-33-35-37-39-41-43-45-47-49-51-53-55-57-67(85)80-62(63(84)56-54-52-50-48-46-44-42-40-38-36-34-32-30-28-26-24-22-20-18-16-14-12-10-8-6-4-2)61-93-77-73(91)70(88)75(65(59-82)95-77)98-79-74(92)71(89)76(66(60-83)96-79)97-78-72(90)69(87)68(86)64(58-81)94-78/h15,17,21,23,27,29,62-66,68-79,81-84,86-92H,3-14,16,18-20,22,24-26,28,30-61H2,1-2H3,(H,80,85)/b17-15-,23-21-,29-27-. The molecule has 3 aliphatic rings. The van der Waals surface area contributed by atoms with Crippen LogP contribution in [0.2, 0.25) is 0 Å². The minimum Gasteiger partial charge on any atom is -0.394 e. The Kier molecular flexibility index (Phi) is 55.5. The fourth-order valence-corrected chi connectivity index (χ4v) is 13.7. The topological polar surface area (TPSA) is 307 Å². The number of nitrogens with one attached hydrogen (secondary N) is 1. The second kappa shape index (κ2) is 60.3. The average Bonchev–Trinajstić information content (AvgIpc) is 0.785. The Balaban J connectivity index is 1.38. The molecule has 0 aromatic heterocycles. The Morgan fingerprint density at radius 3 is 1.05 bits per heavy atom. The second-order valence-corrected chi connectivity index (χ2v) is 28.9. The molecule has 3 fully saturated rings. The van der Waals surface area contributed by atoms with Gasteiger partial charge in [-0.1, -0.05) is 307 Å². The van der Waals surface area contributed by atoms with E-state index in [1.807, 2.05) is 0 Å². The first-order chi connectivity index (χ1) is 47.8. The van der Waals surface area contributed by atoms with Crippen molar-refractivity contribution in [3.63, 3.8) is 0 Å². The Bertz CT molecular complexity index is 1910. The van der Waals surface area contributed by atoms with Gasteiger partial charge in [-0.2, -0.15) is 0 Å². The SMILES string of the molecule is CCCCCCC/C=C\C/C=C\C/C=C\CCCCCCCCCCCCCCC(=O)NC(COC1OC(CO)C(OC2OC(CO)C(OC3OC(CO)C(O)C(O)C3O)C(O)C2O)C(O)C1O)C(O)CCCCCCCCCCCCCCCCCCCCCCCCCCCC. The van der Waals surface area contributed by atoms with Gasteiger partial charge >= 0.3 is 0 Å². The van der Waals surface area contributed by atoms with Gasteiger partial charge in [0.05, 0.1) is 38.6 Å². The molecular formula is C79H147NO18. The summed E-state index contributed by atoms with van der Waals surface area (Å²) in [5, 5.41) is 121. The minimum absolute atomic E-state index is 0.240. The van der Waals surface area contributed by atoms with Crippen LogP contribution in [-0.2, 0) is 33.2 Å². The van der Waals surface area contributed by atoms with Gasteiger partial charge in [0.15, 0.2) is 18.9 Å². The molecule has 0 aromatic rings. The first-order valence-corrected chi connectivity index (χ1v) is 40.2. The molecule has 576 valence electrons. The van der Waals surface area contributed by atoms with Gasteiger partial charge in [-0.3, -0.25) is 4.79 Å². The van der Waals surface area contributed by atoms with Crippen LogP contribution in [0.5, 0.6) is 0 Å². The Morgan fingerprint density at radius 2 is 0.673 bits per heavy atom. The van der Waals surface area contributed by atoms with E-state index in [1.54, 1.807) is 0 Å². The van der Waals surface area contributed by atoms with Gasteiger partial charge in [0.1, 0.15) is 73.2 Å². The van der Waals surface area contributed by atoms with Crippen LogP contribution in [0, 0.1) is 0 Å². The number of ether oxygens (including phenoxy) is 6. The van der Waals surface area contributed by atoms with Crippen LogP contribution in [0.25, 0.3) is 0 Å². The third kappa shape index (κ3) is 40.3. The van der Waals surface area contributed by atoms with Crippen LogP contribution in [0.4, 0.5) is 0 Å². The Labute approximate surface area is 593 Å². The van der Waals surface area contributed by atoms with E-state index >= 15 is 0 Å². The van der Waals surface area contributed by atoms with Crippen LogP contribution in [0.3, 0.4) is 0 Å². The van der Waals surface area contributed by atoms with Crippen LogP contribution >= 0.6 is 0 Å². The number of carbonyl (C=O) groups is 1.